The lowest BCUT2D eigenvalue weighted by molar-refractivity contribution is 0.102. The van der Waals surface area contributed by atoms with Gasteiger partial charge >= 0.3 is 0 Å². The van der Waals surface area contributed by atoms with Gasteiger partial charge in [0, 0.05) is 21.8 Å². The quantitative estimate of drug-likeness (QED) is 0.564. The molecule has 24 heavy (non-hydrogen) atoms. The number of thiophene rings is 1. The summed E-state index contributed by atoms with van der Waals surface area (Å²) in [6, 6.07) is 8.01. The minimum atomic E-state index is -0.212. The number of aryl methyl sites for hydroxylation is 2. The van der Waals surface area contributed by atoms with E-state index in [0.29, 0.717) is 10.8 Å². The number of nitrogens with zero attached hydrogens (tertiary/aromatic N) is 2. The molecule has 0 fully saturated rings. The van der Waals surface area contributed by atoms with Crippen molar-refractivity contribution in [1.29, 1.82) is 0 Å². The Morgan fingerprint density at radius 3 is 2.88 bits per heavy atom. The van der Waals surface area contributed by atoms with E-state index in [2.05, 4.69) is 26.6 Å². The number of carbonyl (C=O) groups is 1. The Morgan fingerprint density at radius 1 is 1.21 bits per heavy atom. The number of anilines is 1. The summed E-state index contributed by atoms with van der Waals surface area (Å²) in [5.41, 5.74) is 4.82. The Bertz CT molecular complexity index is 1030. The average Bonchev–Trinajstić information content (AvgIpc) is 3.26. The Morgan fingerprint density at radius 2 is 2.08 bits per heavy atom. The van der Waals surface area contributed by atoms with Crippen LogP contribution in [0.5, 0.6) is 0 Å². The summed E-state index contributed by atoms with van der Waals surface area (Å²) in [5, 5.41) is 17.3. The Hall–Kier alpha value is -2.51. The van der Waals surface area contributed by atoms with Crippen molar-refractivity contribution in [3.63, 3.8) is 0 Å². The molecule has 7 heteroatoms. The molecule has 0 radical (unpaired) electrons. The molecule has 0 unspecified atom stereocenters. The number of hydrogen-bond acceptors (Lipinski definition) is 5. The van der Waals surface area contributed by atoms with Gasteiger partial charge in [-0.15, -0.1) is 10.2 Å². The van der Waals surface area contributed by atoms with Crippen LogP contribution in [0.1, 0.15) is 21.6 Å². The SMILES string of the molecule is Cc1cc(C)c2cc(C(=O)Nc3nnc(-c4ccsc4)s3)[nH]c2c1. The molecule has 1 aromatic carbocycles. The number of hydrogen-bond donors (Lipinski definition) is 2. The predicted molar refractivity (Wildman–Crippen MR) is 98.9 cm³/mol. The maximum Gasteiger partial charge on any atom is 0.273 e. The zero-order valence-corrected chi connectivity index (χ0v) is 14.7. The highest BCUT2D eigenvalue weighted by molar-refractivity contribution is 7.19. The van der Waals surface area contributed by atoms with E-state index in [-0.39, 0.29) is 5.91 Å². The van der Waals surface area contributed by atoms with E-state index < -0.39 is 0 Å². The number of rotatable bonds is 3. The minimum Gasteiger partial charge on any atom is -0.351 e. The average molecular weight is 354 g/mol. The van der Waals surface area contributed by atoms with Gasteiger partial charge in [-0.2, -0.15) is 11.3 Å². The monoisotopic (exact) mass is 354 g/mol. The minimum absolute atomic E-state index is 0.212. The van der Waals surface area contributed by atoms with Crippen LogP contribution in [0.4, 0.5) is 5.13 Å². The molecule has 120 valence electrons. The largest absolute Gasteiger partial charge is 0.351 e. The zero-order valence-electron chi connectivity index (χ0n) is 13.1. The highest BCUT2D eigenvalue weighted by atomic mass is 32.1. The van der Waals surface area contributed by atoms with Crippen LogP contribution in [0.15, 0.2) is 35.0 Å². The highest BCUT2D eigenvalue weighted by Crippen LogP contribution is 2.28. The second-order valence-electron chi connectivity index (χ2n) is 5.60. The first-order valence-corrected chi connectivity index (χ1v) is 9.13. The maximum atomic E-state index is 12.5. The van der Waals surface area contributed by atoms with E-state index in [4.69, 9.17) is 0 Å². The van der Waals surface area contributed by atoms with Gasteiger partial charge in [0.05, 0.1) is 0 Å². The van der Waals surface area contributed by atoms with Crippen molar-refractivity contribution in [3.8, 4) is 10.6 Å². The van der Waals surface area contributed by atoms with Gasteiger partial charge in [0.25, 0.3) is 5.91 Å². The van der Waals surface area contributed by atoms with Gasteiger partial charge < -0.3 is 4.98 Å². The molecular formula is C17H14N4OS2. The molecule has 0 aliphatic carbocycles. The summed E-state index contributed by atoms with van der Waals surface area (Å²) in [7, 11) is 0. The Labute approximate surface area is 146 Å². The molecule has 0 saturated heterocycles. The van der Waals surface area contributed by atoms with E-state index in [1.54, 1.807) is 11.3 Å². The van der Waals surface area contributed by atoms with Crippen molar-refractivity contribution in [2.45, 2.75) is 13.8 Å². The van der Waals surface area contributed by atoms with Gasteiger partial charge in [0.1, 0.15) is 10.7 Å². The third kappa shape index (κ3) is 2.72. The molecule has 0 spiro atoms. The molecule has 3 aromatic heterocycles. The number of benzene rings is 1. The number of nitrogens with one attached hydrogen (secondary N) is 2. The fourth-order valence-electron chi connectivity index (χ4n) is 2.66. The Kier molecular flexibility index (Phi) is 3.66. The fourth-order valence-corrected chi connectivity index (χ4v) is 4.11. The molecule has 1 amide bonds. The number of aromatic nitrogens is 3. The molecule has 0 atom stereocenters. The van der Waals surface area contributed by atoms with Gasteiger partial charge in [0.2, 0.25) is 5.13 Å². The smallest absolute Gasteiger partial charge is 0.273 e. The topological polar surface area (TPSA) is 70.7 Å². The normalized spacial score (nSPS) is 11.1. The van der Waals surface area contributed by atoms with Crippen LogP contribution in [0.25, 0.3) is 21.5 Å². The Balaban J connectivity index is 1.59. The van der Waals surface area contributed by atoms with Crippen LogP contribution in [0, 0.1) is 13.8 Å². The van der Waals surface area contributed by atoms with Crippen molar-refractivity contribution >= 4 is 44.6 Å². The summed E-state index contributed by atoms with van der Waals surface area (Å²) in [4.78, 5) is 15.7. The van der Waals surface area contributed by atoms with Crippen LogP contribution in [0.2, 0.25) is 0 Å². The summed E-state index contributed by atoms with van der Waals surface area (Å²) >= 11 is 2.97. The van der Waals surface area contributed by atoms with Crippen LogP contribution < -0.4 is 5.32 Å². The van der Waals surface area contributed by atoms with Gasteiger partial charge in [-0.05, 0) is 48.6 Å². The van der Waals surface area contributed by atoms with Gasteiger partial charge in [-0.25, -0.2) is 0 Å². The first kappa shape index (κ1) is 15.0. The predicted octanol–water partition coefficient (Wildman–Crippen LogP) is 4.62. The van der Waals surface area contributed by atoms with Crippen LogP contribution in [0.3, 0.4) is 0 Å². The second kappa shape index (κ2) is 5.85. The summed E-state index contributed by atoms with van der Waals surface area (Å²) in [6.45, 7) is 4.09. The first-order valence-electron chi connectivity index (χ1n) is 7.37. The summed E-state index contributed by atoms with van der Waals surface area (Å²) < 4.78 is 0. The molecular weight excluding hydrogens is 340 g/mol. The number of carbonyl (C=O) groups excluding carboxylic acids is 1. The molecule has 3 heterocycles. The third-order valence-corrected chi connectivity index (χ3v) is 5.32. The molecule has 0 saturated carbocycles. The maximum absolute atomic E-state index is 12.5. The lowest BCUT2D eigenvalue weighted by atomic mass is 10.1. The van der Waals surface area contributed by atoms with Crippen molar-refractivity contribution < 1.29 is 4.79 Å². The van der Waals surface area contributed by atoms with Crippen molar-refractivity contribution in [1.82, 2.24) is 15.2 Å². The third-order valence-electron chi connectivity index (χ3n) is 3.75. The van der Waals surface area contributed by atoms with Crippen LogP contribution >= 0.6 is 22.7 Å². The zero-order chi connectivity index (χ0) is 16.7. The lowest BCUT2D eigenvalue weighted by Gasteiger charge is -1.97. The van der Waals surface area contributed by atoms with E-state index in [0.717, 1.165) is 27.0 Å². The molecule has 4 rings (SSSR count). The van der Waals surface area contributed by atoms with Crippen LogP contribution in [-0.2, 0) is 0 Å². The summed E-state index contributed by atoms with van der Waals surface area (Å²) in [6.07, 6.45) is 0. The van der Waals surface area contributed by atoms with Gasteiger partial charge in [-0.3, -0.25) is 10.1 Å². The molecule has 4 aromatic rings. The number of amides is 1. The summed E-state index contributed by atoms with van der Waals surface area (Å²) in [5.74, 6) is -0.212. The number of aromatic amines is 1. The van der Waals surface area contributed by atoms with E-state index in [1.807, 2.05) is 42.8 Å². The van der Waals surface area contributed by atoms with Gasteiger partial charge in [-0.1, -0.05) is 17.4 Å². The number of fused-ring (bicyclic) bond motifs is 1. The van der Waals surface area contributed by atoms with E-state index in [1.165, 1.54) is 16.9 Å². The fraction of sp³-hybridized carbons (Fsp3) is 0.118. The van der Waals surface area contributed by atoms with E-state index in [9.17, 15) is 4.79 Å². The van der Waals surface area contributed by atoms with Crippen molar-refractivity contribution in [2.24, 2.45) is 0 Å². The van der Waals surface area contributed by atoms with Crippen LogP contribution in [-0.4, -0.2) is 21.1 Å². The lowest BCUT2D eigenvalue weighted by Crippen LogP contribution is -2.11. The molecule has 2 N–H and O–H groups in total. The highest BCUT2D eigenvalue weighted by Gasteiger charge is 2.14. The standard InChI is InChI=1S/C17H14N4OS2/c1-9-5-10(2)12-7-14(18-13(12)6-9)15(22)19-17-21-20-16(24-17)11-3-4-23-8-11/h3-8,18H,1-2H3,(H,19,21,22). The molecule has 0 bridgehead atoms. The first-order chi connectivity index (χ1) is 11.6. The molecule has 5 nitrogen and oxygen atoms in total. The molecule has 0 aliphatic heterocycles. The van der Waals surface area contributed by atoms with Gasteiger partial charge in [0.15, 0.2) is 0 Å². The van der Waals surface area contributed by atoms with Crippen molar-refractivity contribution in [3.05, 3.63) is 51.8 Å². The number of H-pyrrole nitrogens is 1. The molecule has 0 aliphatic rings. The van der Waals surface area contributed by atoms with Crippen molar-refractivity contribution in [2.75, 3.05) is 5.32 Å². The van der Waals surface area contributed by atoms with E-state index >= 15 is 0 Å². The second-order valence-corrected chi connectivity index (χ2v) is 7.36.